The van der Waals surface area contributed by atoms with Crippen LogP contribution in [0.15, 0.2) is 60.8 Å². The number of pyridine rings is 1. The molecule has 0 aliphatic carbocycles. The molecule has 0 radical (unpaired) electrons. The van der Waals surface area contributed by atoms with Gasteiger partial charge in [-0.15, -0.1) is 0 Å². The van der Waals surface area contributed by atoms with Crippen LogP contribution in [0.2, 0.25) is 0 Å². The standard InChI is InChI=1S/C22H19N3O3/c23-8-10-27-18-5-1-3-16(11-18)12-22(26)25-14-20(15-25)28-19-7-6-17-4-2-9-24-21(17)13-19/h1-7,9,11,13,20H,10,12,14-15H2. The highest BCUT2D eigenvalue weighted by Gasteiger charge is 2.32. The molecule has 140 valence electrons. The zero-order valence-electron chi connectivity index (χ0n) is 15.2. The quantitative estimate of drug-likeness (QED) is 0.664. The van der Waals surface area contributed by atoms with Crippen molar-refractivity contribution in [3.63, 3.8) is 0 Å². The molecule has 2 heterocycles. The number of likely N-dealkylation sites (tertiary alicyclic amines) is 1. The van der Waals surface area contributed by atoms with Crippen molar-refractivity contribution in [1.82, 2.24) is 9.88 Å². The van der Waals surface area contributed by atoms with Gasteiger partial charge in [-0.05, 0) is 35.9 Å². The van der Waals surface area contributed by atoms with E-state index in [1.807, 2.05) is 48.5 Å². The van der Waals surface area contributed by atoms with Gasteiger partial charge < -0.3 is 14.4 Å². The highest BCUT2D eigenvalue weighted by atomic mass is 16.5. The van der Waals surface area contributed by atoms with Crippen molar-refractivity contribution in [1.29, 1.82) is 5.26 Å². The molecule has 6 nitrogen and oxygen atoms in total. The van der Waals surface area contributed by atoms with Crippen LogP contribution in [-0.4, -0.2) is 41.6 Å². The predicted octanol–water partition coefficient (Wildman–Crippen LogP) is 2.97. The number of hydrogen-bond acceptors (Lipinski definition) is 5. The number of carbonyl (C=O) groups is 1. The molecule has 0 atom stereocenters. The van der Waals surface area contributed by atoms with Gasteiger partial charge in [-0.3, -0.25) is 9.78 Å². The summed E-state index contributed by atoms with van der Waals surface area (Å²) in [6.07, 6.45) is 2.06. The van der Waals surface area contributed by atoms with Gasteiger partial charge in [0.1, 0.15) is 23.7 Å². The van der Waals surface area contributed by atoms with E-state index in [1.54, 1.807) is 23.2 Å². The maximum Gasteiger partial charge on any atom is 0.227 e. The van der Waals surface area contributed by atoms with Crippen molar-refractivity contribution in [3.8, 4) is 17.6 Å². The third-order valence-electron chi connectivity index (χ3n) is 4.64. The summed E-state index contributed by atoms with van der Waals surface area (Å²) in [5.41, 5.74) is 1.76. The number of fused-ring (bicyclic) bond motifs is 1. The smallest absolute Gasteiger partial charge is 0.227 e. The monoisotopic (exact) mass is 373 g/mol. The molecule has 0 spiro atoms. The van der Waals surface area contributed by atoms with Crippen LogP contribution < -0.4 is 9.47 Å². The molecule has 1 amide bonds. The van der Waals surface area contributed by atoms with Crippen LogP contribution in [0, 0.1) is 11.3 Å². The Morgan fingerprint density at radius 1 is 1.14 bits per heavy atom. The summed E-state index contributed by atoms with van der Waals surface area (Å²) in [6.45, 7) is 1.14. The van der Waals surface area contributed by atoms with E-state index in [2.05, 4.69) is 4.98 Å². The topological polar surface area (TPSA) is 75.5 Å². The second kappa shape index (κ2) is 7.97. The summed E-state index contributed by atoms with van der Waals surface area (Å²) in [5.74, 6) is 1.42. The molecule has 1 fully saturated rings. The second-order valence-electron chi connectivity index (χ2n) is 6.67. The lowest BCUT2D eigenvalue weighted by atomic mass is 10.1. The van der Waals surface area contributed by atoms with Gasteiger partial charge in [0.15, 0.2) is 6.61 Å². The first-order chi connectivity index (χ1) is 13.7. The van der Waals surface area contributed by atoms with Gasteiger partial charge in [0.25, 0.3) is 0 Å². The zero-order valence-corrected chi connectivity index (χ0v) is 15.2. The van der Waals surface area contributed by atoms with Gasteiger partial charge in [0.2, 0.25) is 5.91 Å². The van der Waals surface area contributed by atoms with Crippen LogP contribution in [0.25, 0.3) is 10.9 Å². The molecule has 1 aromatic heterocycles. The number of ether oxygens (including phenoxy) is 2. The van der Waals surface area contributed by atoms with Gasteiger partial charge >= 0.3 is 0 Å². The molecular formula is C22H19N3O3. The van der Waals surface area contributed by atoms with Crippen molar-refractivity contribution in [3.05, 3.63) is 66.4 Å². The highest BCUT2D eigenvalue weighted by molar-refractivity contribution is 5.80. The Morgan fingerprint density at radius 3 is 2.89 bits per heavy atom. The summed E-state index contributed by atoms with van der Waals surface area (Å²) in [6, 6.07) is 19.0. The van der Waals surface area contributed by atoms with E-state index in [4.69, 9.17) is 14.7 Å². The molecule has 6 heteroatoms. The highest BCUT2D eigenvalue weighted by Crippen LogP contribution is 2.23. The van der Waals surface area contributed by atoms with Crippen LogP contribution in [0.4, 0.5) is 0 Å². The average molecular weight is 373 g/mol. The fraction of sp³-hybridized carbons (Fsp3) is 0.227. The SMILES string of the molecule is N#CCOc1cccc(CC(=O)N2CC(Oc3ccc4cccnc4c3)C2)c1. The Bertz CT molecular complexity index is 1040. The van der Waals surface area contributed by atoms with Gasteiger partial charge in [0, 0.05) is 17.6 Å². The molecule has 2 aromatic carbocycles. The molecule has 0 N–H and O–H groups in total. The molecule has 28 heavy (non-hydrogen) atoms. The maximum absolute atomic E-state index is 12.5. The van der Waals surface area contributed by atoms with Crippen LogP contribution in [0.1, 0.15) is 5.56 Å². The first-order valence-corrected chi connectivity index (χ1v) is 9.09. The van der Waals surface area contributed by atoms with Gasteiger partial charge in [-0.25, -0.2) is 0 Å². The van der Waals surface area contributed by atoms with Crippen LogP contribution in [0.3, 0.4) is 0 Å². The van der Waals surface area contributed by atoms with E-state index < -0.39 is 0 Å². The largest absolute Gasteiger partial charge is 0.487 e. The molecule has 1 aliphatic rings. The Balaban J connectivity index is 1.29. The maximum atomic E-state index is 12.5. The number of hydrogen-bond donors (Lipinski definition) is 0. The van der Waals surface area contributed by atoms with Crippen molar-refractivity contribution in [2.45, 2.75) is 12.5 Å². The van der Waals surface area contributed by atoms with Gasteiger partial charge in [-0.2, -0.15) is 5.26 Å². The fourth-order valence-corrected chi connectivity index (χ4v) is 3.18. The number of nitrogens with zero attached hydrogens (tertiary/aromatic N) is 3. The number of carbonyl (C=O) groups excluding carboxylic acids is 1. The number of amides is 1. The molecule has 3 aromatic rings. The summed E-state index contributed by atoms with van der Waals surface area (Å²) < 4.78 is 11.2. The molecule has 1 aliphatic heterocycles. The predicted molar refractivity (Wildman–Crippen MR) is 104 cm³/mol. The summed E-state index contributed by atoms with van der Waals surface area (Å²) in [4.78, 5) is 18.6. The van der Waals surface area contributed by atoms with Crippen molar-refractivity contribution in [2.75, 3.05) is 19.7 Å². The Kier molecular flexibility index (Phi) is 5.07. The van der Waals surface area contributed by atoms with Crippen molar-refractivity contribution in [2.24, 2.45) is 0 Å². The van der Waals surface area contributed by atoms with Crippen LogP contribution >= 0.6 is 0 Å². The van der Waals surface area contributed by atoms with E-state index >= 15 is 0 Å². The first-order valence-electron chi connectivity index (χ1n) is 9.09. The summed E-state index contributed by atoms with van der Waals surface area (Å²) >= 11 is 0. The third-order valence-corrected chi connectivity index (χ3v) is 4.64. The molecular weight excluding hydrogens is 354 g/mol. The summed E-state index contributed by atoms with van der Waals surface area (Å²) in [7, 11) is 0. The fourth-order valence-electron chi connectivity index (χ4n) is 3.18. The van der Waals surface area contributed by atoms with Crippen LogP contribution in [0.5, 0.6) is 11.5 Å². The minimum Gasteiger partial charge on any atom is -0.487 e. The first kappa shape index (κ1) is 17.8. The molecule has 0 unspecified atom stereocenters. The van der Waals surface area contributed by atoms with E-state index in [0.29, 0.717) is 25.3 Å². The minimum absolute atomic E-state index is 0.00425. The number of aromatic nitrogens is 1. The Hall–Kier alpha value is -3.59. The third kappa shape index (κ3) is 4.04. The summed E-state index contributed by atoms with van der Waals surface area (Å²) in [5, 5.41) is 9.66. The Labute approximate surface area is 162 Å². The van der Waals surface area contributed by atoms with E-state index in [9.17, 15) is 4.79 Å². The molecule has 4 rings (SSSR count). The molecule has 1 saturated heterocycles. The van der Waals surface area contributed by atoms with Crippen LogP contribution in [-0.2, 0) is 11.2 Å². The molecule has 0 bridgehead atoms. The number of nitriles is 1. The second-order valence-corrected chi connectivity index (χ2v) is 6.67. The number of rotatable bonds is 6. The van der Waals surface area contributed by atoms with E-state index in [0.717, 1.165) is 22.2 Å². The zero-order chi connectivity index (χ0) is 19.3. The number of benzene rings is 2. The van der Waals surface area contributed by atoms with Gasteiger partial charge in [-0.1, -0.05) is 18.2 Å². The lowest BCUT2D eigenvalue weighted by Gasteiger charge is -2.39. The van der Waals surface area contributed by atoms with E-state index in [1.165, 1.54) is 0 Å². The lowest BCUT2D eigenvalue weighted by molar-refractivity contribution is -0.139. The Morgan fingerprint density at radius 2 is 2.04 bits per heavy atom. The minimum atomic E-state index is -0.00711. The molecule has 0 saturated carbocycles. The average Bonchev–Trinajstić information content (AvgIpc) is 2.69. The van der Waals surface area contributed by atoms with Crippen molar-refractivity contribution < 1.29 is 14.3 Å². The van der Waals surface area contributed by atoms with E-state index in [-0.39, 0.29) is 18.6 Å². The normalized spacial score (nSPS) is 13.6. The van der Waals surface area contributed by atoms with Gasteiger partial charge in [0.05, 0.1) is 25.0 Å². The lowest BCUT2D eigenvalue weighted by Crippen LogP contribution is -2.56. The van der Waals surface area contributed by atoms with Crippen molar-refractivity contribution >= 4 is 16.8 Å².